The molecule has 4 nitrogen and oxygen atoms in total. The molecule has 0 bridgehead atoms. The molecule has 0 saturated heterocycles. The Morgan fingerprint density at radius 1 is 1.16 bits per heavy atom. The number of carbonyl (C=O) groups is 1. The summed E-state index contributed by atoms with van der Waals surface area (Å²) in [7, 11) is 0. The van der Waals surface area contributed by atoms with Crippen LogP contribution in [0.1, 0.15) is 30.9 Å². The molecule has 0 aliphatic rings. The molecule has 2 rings (SSSR count). The predicted octanol–water partition coefficient (Wildman–Crippen LogP) is 5.23. The lowest BCUT2D eigenvalue weighted by atomic mass is 10.0. The van der Waals surface area contributed by atoms with E-state index >= 15 is 0 Å². The molecule has 0 heterocycles. The van der Waals surface area contributed by atoms with E-state index in [0.29, 0.717) is 16.6 Å². The summed E-state index contributed by atoms with van der Waals surface area (Å²) in [4.78, 5) is 12.2. The van der Waals surface area contributed by atoms with Crippen molar-refractivity contribution in [3.63, 3.8) is 0 Å². The van der Waals surface area contributed by atoms with Crippen molar-refractivity contribution in [3.05, 3.63) is 70.4 Å². The summed E-state index contributed by atoms with van der Waals surface area (Å²) in [6.07, 6.45) is 1.40. The zero-order chi connectivity index (χ0) is 18.4. The van der Waals surface area contributed by atoms with Crippen molar-refractivity contribution < 1.29 is 4.79 Å². The lowest BCUT2D eigenvalue weighted by Crippen LogP contribution is -2.14. The molecule has 0 aliphatic heterocycles. The van der Waals surface area contributed by atoms with Crippen LogP contribution in [-0.2, 0) is 4.79 Å². The van der Waals surface area contributed by atoms with Crippen LogP contribution < -0.4 is 10.6 Å². The summed E-state index contributed by atoms with van der Waals surface area (Å²) in [5.41, 5.74) is 3.47. The van der Waals surface area contributed by atoms with Crippen LogP contribution in [0.25, 0.3) is 0 Å². The van der Waals surface area contributed by atoms with E-state index in [9.17, 15) is 10.1 Å². The molecule has 0 atom stereocenters. The van der Waals surface area contributed by atoms with Crippen LogP contribution >= 0.6 is 11.6 Å². The van der Waals surface area contributed by atoms with Gasteiger partial charge >= 0.3 is 0 Å². The fourth-order valence-electron chi connectivity index (χ4n) is 2.14. The number of hydrogen-bond donors (Lipinski definition) is 2. The van der Waals surface area contributed by atoms with Crippen molar-refractivity contribution in [2.45, 2.75) is 26.7 Å². The molecule has 2 aromatic carbocycles. The zero-order valence-corrected chi connectivity index (χ0v) is 15.2. The highest BCUT2D eigenvalue weighted by Gasteiger charge is 2.10. The largest absolute Gasteiger partial charge is 0.360 e. The molecule has 0 radical (unpaired) electrons. The minimum absolute atomic E-state index is 0.0235. The van der Waals surface area contributed by atoms with Crippen LogP contribution in [-0.4, -0.2) is 5.91 Å². The van der Waals surface area contributed by atoms with Crippen LogP contribution in [0, 0.1) is 18.3 Å². The standard InChI is InChI=1S/C20H20ClN3O/c1-13(2)15-5-8-17(9-6-15)23-12-16(11-22)20(25)24-18-7-4-14(3)19(21)10-18/h4-10,12-13,23H,1-3H3,(H,24,25)/b16-12-. The number of halogens is 1. The van der Waals surface area contributed by atoms with Gasteiger partial charge in [-0.2, -0.15) is 5.26 Å². The first-order chi connectivity index (χ1) is 11.9. The Kier molecular flexibility index (Phi) is 6.21. The van der Waals surface area contributed by atoms with Gasteiger partial charge in [0.15, 0.2) is 0 Å². The van der Waals surface area contributed by atoms with E-state index in [1.807, 2.05) is 43.3 Å². The van der Waals surface area contributed by atoms with E-state index in [1.54, 1.807) is 12.1 Å². The number of nitriles is 1. The maximum Gasteiger partial charge on any atom is 0.267 e. The number of nitrogens with zero attached hydrogens (tertiary/aromatic N) is 1. The molecule has 0 aromatic heterocycles. The Bertz CT molecular complexity index is 833. The van der Waals surface area contributed by atoms with Crippen LogP contribution in [0.15, 0.2) is 54.2 Å². The minimum atomic E-state index is -0.492. The van der Waals surface area contributed by atoms with Gasteiger partial charge in [-0.1, -0.05) is 43.6 Å². The number of amides is 1. The van der Waals surface area contributed by atoms with Crippen LogP contribution in [0.5, 0.6) is 0 Å². The Morgan fingerprint density at radius 2 is 1.80 bits per heavy atom. The van der Waals surface area contributed by atoms with E-state index in [4.69, 9.17) is 11.6 Å². The van der Waals surface area contributed by atoms with Crippen molar-refractivity contribution in [2.24, 2.45) is 0 Å². The molecule has 0 aliphatic carbocycles. The van der Waals surface area contributed by atoms with Gasteiger partial charge < -0.3 is 10.6 Å². The number of carbonyl (C=O) groups excluding carboxylic acids is 1. The van der Waals surface area contributed by atoms with Gasteiger partial charge in [0.1, 0.15) is 11.6 Å². The molecule has 2 aromatic rings. The van der Waals surface area contributed by atoms with Crippen molar-refractivity contribution in [1.82, 2.24) is 0 Å². The molecular weight excluding hydrogens is 334 g/mol. The van der Waals surface area contributed by atoms with Gasteiger partial charge in [0, 0.05) is 22.6 Å². The molecule has 0 spiro atoms. The highest BCUT2D eigenvalue weighted by molar-refractivity contribution is 6.31. The number of aryl methyl sites for hydroxylation is 1. The smallest absolute Gasteiger partial charge is 0.267 e. The maximum absolute atomic E-state index is 12.2. The number of anilines is 2. The summed E-state index contributed by atoms with van der Waals surface area (Å²) in [5, 5.41) is 15.4. The minimum Gasteiger partial charge on any atom is -0.360 e. The normalized spacial score (nSPS) is 11.1. The van der Waals surface area contributed by atoms with Gasteiger partial charge in [0.25, 0.3) is 5.91 Å². The van der Waals surface area contributed by atoms with E-state index in [2.05, 4.69) is 24.5 Å². The van der Waals surface area contributed by atoms with E-state index in [0.717, 1.165) is 11.3 Å². The van der Waals surface area contributed by atoms with Crippen molar-refractivity contribution in [1.29, 1.82) is 5.26 Å². The van der Waals surface area contributed by atoms with Gasteiger partial charge in [0.2, 0.25) is 0 Å². The second kappa shape index (κ2) is 8.36. The molecule has 128 valence electrons. The second-order valence-corrected chi connectivity index (χ2v) is 6.42. The molecule has 0 fully saturated rings. The first-order valence-corrected chi connectivity index (χ1v) is 8.32. The van der Waals surface area contributed by atoms with Crippen LogP contribution in [0.3, 0.4) is 0 Å². The highest BCUT2D eigenvalue weighted by Crippen LogP contribution is 2.20. The van der Waals surface area contributed by atoms with E-state index < -0.39 is 5.91 Å². The van der Waals surface area contributed by atoms with Crippen LogP contribution in [0.4, 0.5) is 11.4 Å². The fraction of sp³-hybridized carbons (Fsp3) is 0.200. The van der Waals surface area contributed by atoms with Crippen molar-refractivity contribution in [2.75, 3.05) is 10.6 Å². The van der Waals surface area contributed by atoms with Gasteiger partial charge in [-0.15, -0.1) is 0 Å². The van der Waals surface area contributed by atoms with Crippen molar-refractivity contribution in [3.8, 4) is 6.07 Å². The summed E-state index contributed by atoms with van der Waals surface area (Å²) in [6, 6.07) is 15.0. The SMILES string of the molecule is Cc1ccc(NC(=O)/C(C#N)=C\Nc2ccc(C(C)C)cc2)cc1Cl. The molecule has 2 N–H and O–H groups in total. The van der Waals surface area contributed by atoms with Gasteiger partial charge in [-0.25, -0.2) is 0 Å². The predicted molar refractivity (Wildman–Crippen MR) is 103 cm³/mol. The Balaban J connectivity index is 2.07. The van der Waals surface area contributed by atoms with Gasteiger partial charge in [0.05, 0.1) is 0 Å². The average Bonchev–Trinajstić information content (AvgIpc) is 2.59. The van der Waals surface area contributed by atoms with Crippen molar-refractivity contribution >= 4 is 28.9 Å². The number of hydrogen-bond acceptors (Lipinski definition) is 3. The monoisotopic (exact) mass is 353 g/mol. The lowest BCUT2D eigenvalue weighted by Gasteiger charge is -2.08. The number of rotatable bonds is 5. The summed E-state index contributed by atoms with van der Waals surface area (Å²) in [5.74, 6) is -0.0416. The topological polar surface area (TPSA) is 64.9 Å². The van der Waals surface area contributed by atoms with Gasteiger partial charge in [-0.05, 0) is 48.2 Å². The third-order valence-electron chi connectivity index (χ3n) is 3.76. The summed E-state index contributed by atoms with van der Waals surface area (Å²) in [6.45, 7) is 6.12. The third-order valence-corrected chi connectivity index (χ3v) is 4.16. The Hall–Kier alpha value is -2.77. The molecular formula is C20H20ClN3O. The molecule has 5 heteroatoms. The Labute approximate surface area is 153 Å². The summed E-state index contributed by atoms with van der Waals surface area (Å²) >= 11 is 6.04. The molecule has 0 unspecified atom stereocenters. The summed E-state index contributed by atoms with van der Waals surface area (Å²) < 4.78 is 0. The van der Waals surface area contributed by atoms with Crippen LogP contribution in [0.2, 0.25) is 5.02 Å². The van der Waals surface area contributed by atoms with E-state index in [-0.39, 0.29) is 5.57 Å². The molecule has 0 saturated carbocycles. The van der Waals surface area contributed by atoms with E-state index in [1.165, 1.54) is 11.8 Å². The number of benzene rings is 2. The average molecular weight is 354 g/mol. The lowest BCUT2D eigenvalue weighted by molar-refractivity contribution is -0.112. The Morgan fingerprint density at radius 3 is 2.36 bits per heavy atom. The first-order valence-electron chi connectivity index (χ1n) is 7.95. The quantitative estimate of drug-likeness (QED) is 0.571. The second-order valence-electron chi connectivity index (χ2n) is 6.01. The molecule has 25 heavy (non-hydrogen) atoms. The zero-order valence-electron chi connectivity index (χ0n) is 14.4. The fourth-order valence-corrected chi connectivity index (χ4v) is 2.32. The molecule has 1 amide bonds. The maximum atomic E-state index is 12.2. The highest BCUT2D eigenvalue weighted by atomic mass is 35.5. The third kappa shape index (κ3) is 5.10. The number of nitrogens with one attached hydrogen (secondary N) is 2. The van der Waals surface area contributed by atoms with Gasteiger partial charge in [-0.3, -0.25) is 4.79 Å². The first kappa shape index (κ1) is 18.6.